The maximum atomic E-state index is 12.4. The van der Waals surface area contributed by atoms with Crippen LogP contribution in [-0.4, -0.2) is 64.2 Å². The number of amides is 2. The molecule has 4 heterocycles. The Kier molecular flexibility index (Phi) is 4.40. The fraction of sp³-hybridized carbons (Fsp3) is 0.333. The van der Waals surface area contributed by atoms with Crippen LogP contribution in [0.2, 0.25) is 5.28 Å². The molecule has 2 fully saturated rings. The number of ether oxygens (including phenoxy) is 1. The Morgan fingerprint density at radius 3 is 2.89 bits per heavy atom. The van der Waals surface area contributed by atoms with E-state index >= 15 is 0 Å². The van der Waals surface area contributed by atoms with Gasteiger partial charge in [0.25, 0.3) is 0 Å². The Hall–Kier alpha value is -2.65. The van der Waals surface area contributed by atoms with E-state index in [1.807, 2.05) is 29.8 Å². The predicted octanol–water partition coefficient (Wildman–Crippen LogP) is 2.40. The first-order valence-corrected chi connectivity index (χ1v) is 10.2. The molecule has 2 aliphatic heterocycles. The molecule has 0 bridgehead atoms. The Labute approximate surface area is 170 Å². The molecule has 5 rings (SSSR count). The van der Waals surface area contributed by atoms with Crippen molar-refractivity contribution in [3.63, 3.8) is 0 Å². The van der Waals surface area contributed by atoms with Gasteiger partial charge in [0, 0.05) is 19.3 Å². The summed E-state index contributed by atoms with van der Waals surface area (Å²) >= 11 is 7.41. The van der Waals surface area contributed by atoms with Crippen LogP contribution < -0.4 is 15.0 Å². The molecule has 0 radical (unpaired) electrons. The largest absolute Gasteiger partial charge is 0.484 e. The van der Waals surface area contributed by atoms with Gasteiger partial charge in [0.05, 0.1) is 29.3 Å². The van der Waals surface area contributed by atoms with Crippen molar-refractivity contribution in [3.8, 4) is 5.75 Å². The SMILES string of the molecule is O=C(NC1CN(c2ccnc(Cl)n2)C1)N1CC(Oc2cccc3scnc23)C1. The standard InChI is InChI=1S/C18H17ClN6O2S/c19-17-20-5-4-15(23-17)24-6-11(7-24)22-18(26)25-8-12(9-25)27-13-2-1-3-14-16(13)21-10-28-14/h1-5,10-12H,6-9H2,(H,22,26). The first-order valence-electron chi connectivity index (χ1n) is 8.93. The summed E-state index contributed by atoms with van der Waals surface area (Å²) in [5.74, 6) is 1.56. The molecule has 8 nitrogen and oxygen atoms in total. The molecule has 3 aromatic rings. The van der Waals surface area contributed by atoms with E-state index < -0.39 is 0 Å². The van der Waals surface area contributed by atoms with Crippen molar-refractivity contribution in [2.24, 2.45) is 0 Å². The van der Waals surface area contributed by atoms with Gasteiger partial charge in [-0.25, -0.2) is 19.7 Å². The molecular weight excluding hydrogens is 400 g/mol. The smallest absolute Gasteiger partial charge is 0.317 e. The summed E-state index contributed by atoms with van der Waals surface area (Å²) in [4.78, 5) is 28.6. The van der Waals surface area contributed by atoms with Crippen LogP contribution in [0.3, 0.4) is 0 Å². The molecule has 2 aliphatic rings. The summed E-state index contributed by atoms with van der Waals surface area (Å²) in [7, 11) is 0. The van der Waals surface area contributed by atoms with Crippen molar-refractivity contribution >= 4 is 45.0 Å². The highest BCUT2D eigenvalue weighted by Gasteiger charge is 2.36. The van der Waals surface area contributed by atoms with Crippen molar-refractivity contribution in [1.29, 1.82) is 0 Å². The zero-order valence-electron chi connectivity index (χ0n) is 14.8. The highest BCUT2D eigenvalue weighted by molar-refractivity contribution is 7.16. The molecule has 28 heavy (non-hydrogen) atoms. The molecule has 2 saturated heterocycles. The molecule has 2 amide bonds. The fourth-order valence-electron chi connectivity index (χ4n) is 3.34. The molecule has 10 heteroatoms. The second-order valence-corrected chi connectivity index (χ2v) is 8.06. The lowest BCUT2D eigenvalue weighted by molar-refractivity contribution is 0.0440. The molecular formula is C18H17ClN6O2S. The normalized spacial score (nSPS) is 17.3. The van der Waals surface area contributed by atoms with Crippen molar-refractivity contribution in [2.45, 2.75) is 12.1 Å². The molecule has 0 spiro atoms. The summed E-state index contributed by atoms with van der Waals surface area (Å²) in [5.41, 5.74) is 2.70. The maximum absolute atomic E-state index is 12.4. The molecule has 1 aromatic carbocycles. The van der Waals surface area contributed by atoms with Crippen LogP contribution in [0.5, 0.6) is 5.75 Å². The summed E-state index contributed by atoms with van der Waals surface area (Å²) in [6, 6.07) is 7.77. The number of hydrogen-bond acceptors (Lipinski definition) is 7. The lowest BCUT2D eigenvalue weighted by Crippen LogP contribution is -2.65. The number of carbonyl (C=O) groups is 1. The Bertz CT molecular complexity index is 1020. The summed E-state index contributed by atoms with van der Waals surface area (Å²) in [6.07, 6.45) is 1.63. The van der Waals surface area contributed by atoms with Crippen LogP contribution >= 0.6 is 22.9 Å². The molecule has 1 N–H and O–H groups in total. The number of para-hydroxylation sites is 1. The molecule has 0 aliphatic carbocycles. The first kappa shape index (κ1) is 17.4. The minimum atomic E-state index is -0.0583. The maximum Gasteiger partial charge on any atom is 0.317 e. The van der Waals surface area contributed by atoms with Crippen molar-refractivity contribution in [3.05, 3.63) is 41.3 Å². The minimum absolute atomic E-state index is 0.000834. The monoisotopic (exact) mass is 416 g/mol. The Balaban J connectivity index is 1.09. The highest BCUT2D eigenvalue weighted by atomic mass is 35.5. The summed E-state index contributed by atoms with van der Waals surface area (Å²) < 4.78 is 7.12. The highest BCUT2D eigenvalue weighted by Crippen LogP contribution is 2.29. The van der Waals surface area contributed by atoms with E-state index in [2.05, 4.69) is 25.2 Å². The topological polar surface area (TPSA) is 83.5 Å². The molecule has 0 unspecified atom stereocenters. The zero-order valence-corrected chi connectivity index (χ0v) is 16.4. The summed E-state index contributed by atoms with van der Waals surface area (Å²) in [5, 5.41) is 3.27. The lowest BCUT2D eigenvalue weighted by Gasteiger charge is -2.43. The van der Waals surface area contributed by atoms with Crippen LogP contribution in [-0.2, 0) is 0 Å². The third kappa shape index (κ3) is 3.31. The number of fused-ring (bicyclic) bond motifs is 1. The zero-order chi connectivity index (χ0) is 19.1. The van der Waals surface area contributed by atoms with Crippen LogP contribution in [0.25, 0.3) is 10.2 Å². The number of nitrogens with one attached hydrogen (secondary N) is 1. The number of hydrogen-bond donors (Lipinski definition) is 1. The van der Waals surface area contributed by atoms with Crippen LogP contribution in [0.15, 0.2) is 36.0 Å². The van der Waals surface area contributed by atoms with E-state index in [-0.39, 0.29) is 23.5 Å². The van der Waals surface area contributed by atoms with Gasteiger partial charge in [-0.05, 0) is 29.8 Å². The molecule has 0 saturated carbocycles. The van der Waals surface area contributed by atoms with E-state index in [9.17, 15) is 4.79 Å². The third-order valence-electron chi connectivity index (χ3n) is 4.90. The number of thiazole rings is 1. The van der Waals surface area contributed by atoms with Crippen LogP contribution in [0.1, 0.15) is 0 Å². The quantitative estimate of drug-likeness (QED) is 0.657. The number of urea groups is 1. The molecule has 144 valence electrons. The van der Waals surface area contributed by atoms with Gasteiger partial charge >= 0.3 is 6.03 Å². The average Bonchev–Trinajstić information content (AvgIpc) is 3.09. The van der Waals surface area contributed by atoms with Crippen molar-refractivity contribution in [1.82, 2.24) is 25.2 Å². The first-order chi connectivity index (χ1) is 13.7. The third-order valence-corrected chi connectivity index (χ3v) is 5.87. The van der Waals surface area contributed by atoms with Gasteiger partial charge < -0.3 is 19.9 Å². The van der Waals surface area contributed by atoms with Crippen LogP contribution in [0, 0.1) is 0 Å². The predicted molar refractivity (Wildman–Crippen MR) is 107 cm³/mol. The number of rotatable bonds is 4. The van der Waals surface area contributed by atoms with E-state index in [4.69, 9.17) is 16.3 Å². The number of carbonyl (C=O) groups excluding carboxylic acids is 1. The Morgan fingerprint density at radius 2 is 2.07 bits per heavy atom. The number of benzene rings is 1. The summed E-state index contributed by atoms with van der Waals surface area (Å²) in [6.45, 7) is 2.56. The minimum Gasteiger partial charge on any atom is -0.484 e. The van der Waals surface area contributed by atoms with E-state index in [1.165, 1.54) is 0 Å². The number of aromatic nitrogens is 3. The number of anilines is 1. The van der Waals surface area contributed by atoms with Gasteiger partial charge in [-0.2, -0.15) is 0 Å². The van der Waals surface area contributed by atoms with Crippen LogP contribution in [0.4, 0.5) is 10.6 Å². The van der Waals surface area contributed by atoms with E-state index in [0.717, 1.165) is 21.8 Å². The number of halogens is 1. The molecule has 0 atom stereocenters. The van der Waals surface area contributed by atoms with Gasteiger partial charge in [-0.1, -0.05) is 6.07 Å². The number of likely N-dealkylation sites (tertiary alicyclic amines) is 1. The van der Waals surface area contributed by atoms with Gasteiger partial charge in [-0.15, -0.1) is 11.3 Å². The second-order valence-electron chi connectivity index (χ2n) is 6.84. The lowest BCUT2D eigenvalue weighted by atomic mass is 10.1. The van der Waals surface area contributed by atoms with E-state index in [1.54, 1.807) is 22.4 Å². The molecule has 2 aromatic heterocycles. The number of nitrogens with zero attached hydrogens (tertiary/aromatic N) is 5. The fourth-order valence-corrected chi connectivity index (χ4v) is 4.18. The van der Waals surface area contributed by atoms with Gasteiger partial charge in [0.2, 0.25) is 5.28 Å². The van der Waals surface area contributed by atoms with Gasteiger partial charge in [0.1, 0.15) is 23.2 Å². The Morgan fingerprint density at radius 1 is 1.21 bits per heavy atom. The van der Waals surface area contributed by atoms with E-state index in [0.29, 0.717) is 26.2 Å². The van der Waals surface area contributed by atoms with Crippen molar-refractivity contribution in [2.75, 3.05) is 31.1 Å². The van der Waals surface area contributed by atoms with Gasteiger partial charge in [0.15, 0.2) is 0 Å². The average molecular weight is 417 g/mol. The van der Waals surface area contributed by atoms with Gasteiger partial charge in [-0.3, -0.25) is 0 Å². The van der Waals surface area contributed by atoms with Crippen molar-refractivity contribution < 1.29 is 9.53 Å². The second kappa shape index (κ2) is 7.06.